The molecule has 2 aromatic carbocycles. The summed E-state index contributed by atoms with van der Waals surface area (Å²) in [6.45, 7) is 0. The molecule has 2 aromatic rings. The normalized spacial score (nSPS) is 19.8. The lowest BCUT2D eigenvalue weighted by molar-refractivity contribution is -0.134. The average Bonchev–Trinajstić information content (AvgIpc) is 2.95. The number of ether oxygens (including phenoxy) is 1. The van der Waals surface area contributed by atoms with E-state index in [0.717, 1.165) is 5.56 Å². The highest BCUT2D eigenvalue weighted by Gasteiger charge is 2.33. The van der Waals surface area contributed by atoms with Gasteiger partial charge in [-0.25, -0.2) is 0 Å². The summed E-state index contributed by atoms with van der Waals surface area (Å²) in [5.74, 6) is 0.306. The fourth-order valence-corrected chi connectivity index (χ4v) is 3.11. The van der Waals surface area contributed by atoms with Crippen LogP contribution >= 0.6 is 11.6 Å². The second kappa shape index (κ2) is 7.49. The molecule has 0 spiro atoms. The number of nitrogens with one attached hydrogen (secondary N) is 1. The maximum Gasteiger partial charge on any atom is 0.311 e. The number of benzene rings is 2. The van der Waals surface area contributed by atoms with Crippen molar-refractivity contribution in [2.45, 2.75) is 31.2 Å². The number of hydrogen-bond acceptors (Lipinski definition) is 3. The Bertz CT molecular complexity index is 715. The number of rotatable bonds is 5. The van der Waals surface area contributed by atoms with Crippen LogP contribution in [0.15, 0.2) is 54.6 Å². The average molecular weight is 344 g/mol. The molecule has 1 amide bonds. The van der Waals surface area contributed by atoms with Gasteiger partial charge in [0.2, 0.25) is 5.91 Å². The van der Waals surface area contributed by atoms with Gasteiger partial charge in [0, 0.05) is 29.8 Å². The van der Waals surface area contributed by atoms with Gasteiger partial charge in [-0.3, -0.25) is 9.59 Å². The predicted octanol–water partition coefficient (Wildman–Crippen LogP) is 3.70. The fourth-order valence-electron chi connectivity index (χ4n) is 2.99. The minimum Gasteiger partial charge on any atom is -0.427 e. The van der Waals surface area contributed by atoms with Crippen LogP contribution in [0, 0.1) is 0 Å². The summed E-state index contributed by atoms with van der Waals surface area (Å²) in [4.78, 5) is 23.8. The Kier molecular flexibility index (Phi) is 5.16. The van der Waals surface area contributed by atoms with Gasteiger partial charge >= 0.3 is 5.97 Å². The van der Waals surface area contributed by atoms with Crippen LogP contribution in [0.4, 0.5) is 0 Å². The van der Waals surface area contributed by atoms with Gasteiger partial charge in [-0.1, -0.05) is 41.9 Å². The molecule has 24 heavy (non-hydrogen) atoms. The van der Waals surface area contributed by atoms with Crippen molar-refractivity contribution in [1.82, 2.24) is 5.32 Å². The lowest BCUT2D eigenvalue weighted by Gasteiger charge is -2.19. The third-order valence-corrected chi connectivity index (χ3v) is 4.42. The van der Waals surface area contributed by atoms with Crippen molar-refractivity contribution in [2.24, 2.45) is 0 Å². The number of carbonyl (C=O) groups is 2. The summed E-state index contributed by atoms with van der Waals surface area (Å²) >= 11 is 5.92. The number of carbonyl (C=O) groups excluding carboxylic acids is 2. The highest BCUT2D eigenvalue weighted by molar-refractivity contribution is 6.30. The Morgan fingerprint density at radius 2 is 1.83 bits per heavy atom. The predicted molar refractivity (Wildman–Crippen MR) is 92.1 cm³/mol. The molecule has 0 saturated carbocycles. The van der Waals surface area contributed by atoms with E-state index in [1.807, 2.05) is 42.5 Å². The zero-order valence-corrected chi connectivity index (χ0v) is 13.8. The van der Waals surface area contributed by atoms with Crippen LogP contribution in [0.1, 0.15) is 30.7 Å². The molecular weight excluding hydrogens is 326 g/mol. The van der Waals surface area contributed by atoms with Crippen LogP contribution in [0.5, 0.6) is 5.75 Å². The minimum absolute atomic E-state index is 0.0105. The third-order valence-electron chi connectivity index (χ3n) is 4.17. The van der Waals surface area contributed by atoms with E-state index >= 15 is 0 Å². The van der Waals surface area contributed by atoms with Crippen LogP contribution < -0.4 is 10.1 Å². The molecule has 1 aliphatic rings. The number of hydrogen-bond donors (Lipinski definition) is 1. The quantitative estimate of drug-likeness (QED) is 0.665. The first-order valence-corrected chi connectivity index (χ1v) is 8.30. The van der Waals surface area contributed by atoms with Crippen molar-refractivity contribution in [1.29, 1.82) is 0 Å². The van der Waals surface area contributed by atoms with Crippen LogP contribution in [0.2, 0.25) is 5.02 Å². The van der Waals surface area contributed by atoms with Crippen molar-refractivity contribution < 1.29 is 14.3 Å². The first-order valence-electron chi connectivity index (χ1n) is 7.92. The third kappa shape index (κ3) is 4.15. The molecule has 2 atom stereocenters. The number of amides is 1. The molecule has 124 valence electrons. The maximum atomic E-state index is 12.0. The fraction of sp³-hybridized carbons (Fsp3) is 0.263. The Morgan fingerprint density at radius 1 is 1.12 bits per heavy atom. The molecule has 2 unspecified atom stereocenters. The summed E-state index contributed by atoms with van der Waals surface area (Å²) < 4.78 is 5.29. The lowest BCUT2D eigenvalue weighted by Crippen LogP contribution is -2.29. The summed E-state index contributed by atoms with van der Waals surface area (Å²) in [7, 11) is 0. The highest BCUT2D eigenvalue weighted by Crippen LogP contribution is 2.31. The second-order valence-corrected chi connectivity index (χ2v) is 6.30. The van der Waals surface area contributed by atoms with E-state index in [-0.39, 0.29) is 30.3 Å². The Hall–Kier alpha value is -2.33. The molecule has 1 N–H and O–H groups in total. The smallest absolute Gasteiger partial charge is 0.311 e. The van der Waals surface area contributed by atoms with Gasteiger partial charge in [0.15, 0.2) is 0 Å². The van der Waals surface area contributed by atoms with Crippen LogP contribution in [0.3, 0.4) is 0 Å². The summed E-state index contributed by atoms with van der Waals surface area (Å²) in [6, 6.07) is 16.4. The van der Waals surface area contributed by atoms with Gasteiger partial charge in [-0.2, -0.15) is 0 Å². The molecular formula is C19H18ClNO3. The zero-order valence-electron chi connectivity index (χ0n) is 13.1. The van der Waals surface area contributed by atoms with Gasteiger partial charge in [0.1, 0.15) is 5.75 Å². The monoisotopic (exact) mass is 343 g/mol. The van der Waals surface area contributed by atoms with Crippen LogP contribution in [0.25, 0.3) is 0 Å². The molecule has 1 heterocycles. The van der Waals surface area contributed by atoms with Gasteiger partial charge in [0.25, 0.3) is 0 Å². The summed E-state index contributed by atoms with van der Waals surface area (Å²) in [5, 5.41) is 3.62. The van der Waals surface area contributed by atoms with E-state index in [9.17, 15) is 9.59 Å². The first-order chi connectivity index (χ1) is 11.6. The van der Waals surface area contributed by atoms with E-state index in [1.165, 1.54) is 0 Å². The van der Waals surface area contributed by atoms with Gasteiger partial charge < -0.3 is 10.1 Å². The Balaban J connectivity index is 1.59. The van der Waals surface area contributed by atoms with E-state index in [1.54, 1.807) is 12.1 Å². The lowest BCUT2D eigenvalue weighted by atomic mass is 9.89. The van der Waals surface area contributed by atoms with E-state index in [2.05, 4.69) is 5.32 Å². The standard InChI is InChI=1S/C19H18ClNO3/c20-14-8-6-13(7-9-14)16-12-18(22)21-17(16)10-11-19(23)24-15-4-2-1-3-5-15/h1-9,16-17H,10-12H2,(H,21,22). The number of esters is 1. The molecule has 0 bridgehead atoms. The minimum atomic E-state index is -0.294. The maximum absolute atomic E-state index is 12.0. The molecule has 3 rings (SSSR count). The summed E-state index contributed by atoms with van der Waals surface area (Å²) in [6.07, 6.45) is 1.23. The van der Waals surface area contributed by atoms with Crippen molar-refractivity contribution in [3.8, 4) is 5.75 Å². The molecule has 0 aliphatic carbocycles. The Labute approximate surface area is 145 Å². The SMILES string of the molecule is O=C1CC(c2ccc(Cl)cc2)C(CCC(=O)Oc2ccccc2)N1. The van der Waals surface area contributed by atoms with Gasteiger partial charge in [0.05, 0.1) is 0 Å². The molecule has 0 radical (unpaired) electrons. The summed E-state index contributed by atoms with van der Waals surface area (Å²) in [5.41, 5.74) is 1.05. The van der Waals surface area contributed by atoms with Crippen molar-refractivity contribution in [2.75, 3.05) is 0 Å². The number of para-hydroxylation sites is 1. The molecule has 1 fully saturated rings. The topological polar surface area (TPSA) is 55.4 Å². The van der Waals surface area contributed by atoms with Gasteiger partial charge in [-0.05, 0) is 36.2 Å². The van der Waals surface area contributed by atoms with Gasteiger partial charge in [-0.15, -0.1) is 0 Å². The number of halogens is 1. The van der Waals surface area contributed by atoms with E-state index in [4.69, 9.17) is 16.3 Å². The molecule has 1 saturated heterocycles. The largest absolute Gasteiger partial charge is 0.427 e. The van der Waals surface area contributed by atoms with E-state index in [0.29, 0.717) is 23.6 Å². The molecule has 4 nitrogen and oxygen atoms in total. The van der Waals surface area contributed by atoms with Crippen molar-refractivity contribution in [3.63, 3.8) is 0 Å². The van der Waals surface area contributed by atoms with Crippen LogP contribution in [-0.2, 0) is 9.59 Å². The molecule has 5 heteroatoms. The zero-order chi connectivity index (χ0) is 16.9. The van der Waals surface area contributed by atoms with Crippen LogP contribution in [-0.4, -0.2) is 17.9 Å². The van der Waals surface area contributed by atoms with E-state index < -0.39 is 0 Å². The highest BCUT2D eigenvalue weighted by atomic mass is 35.5. The second-order valence-electron chi connectivity index (χ2n) is 5.86. The van der Waals surface area contributed by atoms with Crippen molar-refractivity contribution >= 4 is 23.5 Å². The molecule has 1 aliphatic heterocycles. The Morgan fingerprint density at radius 3 is 2.54 bits per heavy atom. The molecule has 0 aromatic heterocycles. The van der Waals surface area contributed by atoms with Crippen molar-refractivity contribution in [3.05, 3.63) is 65.2 Å². The first kappa shape index (κ1) is 16.5.